The van der Waals surface area contributed by atoms with Gasteiger partial charge in [-0.05, 0) is 12.8 Å². The summed E-state index contributed by atoms with van der Waals surface area (Å²) in [6.45, 7) is -1.04. The summed E-state index contributed by atoms with van der Waals surface area (Å²) < 4.78 is 11.2. The number of nitrogens with zero attached hydrogens (tertiary/aromatic N) is 1. The quantitative estimate of drug-likeness (QED) is 0.566. The molecule has 0 aromatic heterocycles. The first-order valence-electron chi connectivity index (χ1n) is 5.79. The van der Waals surface area contributed by atoms with E-state index in [-0.39, 0.29) is 6.04 Å². The van der Waals surface area contributed by atoms with Gasteiger partial charge in [0, 0.05) is 28.3 Å². The van der Waals surface area contributed by atoms with Gasteiger partial charge in [0.05, 0.1) is 0 Å². The molecular formula is C10H17N3O5S. The fraction of sp³-hybridized carbons (Fsp3) is 0.700. The standard InChI is InChI=1S/C10H17N3O5S/c11-8(14)5-13(6-9(15)16)10(17)12-7-1-3-19(18)4-2-7/h7H,1-6H2,(H2,11,14)(H,12,17)(H,15,16). The molecule has 0 aliphatic carbocycles. The van der Waals surface area contributed by atoms with Crippen molar-refractivity contribution in [1.82, 2.24) is 10.2 Å². The Kier molecular flexibility index (Phi) is 5.74. The van der Waals surface area contributed by atoms with Crippen molar-refractivity contribution >= 4 is 28.7 Å². The summed E-state index contributed by atoms with van der Waals surface area (Å²) in [6, 6.07) is -0.784. The first-order valence-corrected chi connectivity index (χ1v) is 7.28. The molecule has 1 heterocycles. The van der Waals surface area contributed by atoms with Gasteiger partial charge in [-0.25, -0.2) is 4.79 Å². The second kappa shape index (κ2) is 7.07. The molecule has 1 saturated heterocycles. The third-order valence-corrected chi connectivity index (χ3v) is 4.06. The lowest BCUT2D eigenvalue weighted by Crippen LogP contribution is -2.50. The first-order chi connectivity index (χ1) is 8.88. The summed E-state index contributed by atoms with van der Waals surface area (Å²) >= 11 is 0. The Morgan fingerprint density at radius 1 is 1.26 bits per heavy atom. The molecule has 3 amide bonds. The summed E-state index contributed by atoms with van der Waals surface area (Å²) in [5.74, 6) is -0.971. The molecule has 0 aromatic rings. The average Bonchev–Trinajstić information content (AvgIpc) is 2.30. The number of nitrogens with one attached hydrogen (secondary N) is 1. The van der Waals surface area contributed by atoms with Gasteiger partial charge >= 0.3 is 12.0 Å². The molecule has 0 radical (unpaired) electrons. The molecular weight excluding hydrogens is 274 g/mol. The lowest BCUT2D eigenvalue weighted by Gasteiger charge is -2.26. The molecule has 1 aliphatic heterocycles. The van der Waals surface area contributed by atoms with Gasteiger partial charge in [0.2, 0.25) is 5.91 Å². The number of primary amides is 1. The Bertz CT molecular complexity index is 375. The highest BCUT2D eigenvalue weighted by Gasteiger charge is 2.24. The van der Waals surface area contributed by atoms with Gasteiger partial charge in [0.25, 0.3) is 0 Å². The molecule has 108 valence electrons. The van der Waals surface area contributed by atoms with Crippen LogP contribution in [-0.2, 0) is 20.4 Å². The predicted molar refractivity (Wildman–Crippen MR) is 67.8 cm³/mol. The number of carbonyl (C=O) groups excluding carboxylic acids is 2. The second-order valence-electron chi connectivity index (χ2n) is 4.29. The van der Waals surface area contributed by atoms with Gasteiger partial charge in [-0.2, -0.15) is 0 Å². The zero-order valence-corrected chi connectivity index (χ0v) is 11.1. The Morgan fingerprint density at radius 2 is 1.84 bits per heavy atom. The topological polar surface area (TPSA) is 130 Å². The van der Waals surface area contributed by atoms with Crippen molar-refractivity contribution in [2.75, 3.05) is 24.6 Å². The molecule has 1 fully saturated rings. The molecule has 0 atom stereocenters. The number of urea groups is 1. The third kappa shape index (κ3) is 5.69. The van der Waals surface area contributed by atoms with Crippen molar-refractivity contribution < 1.29 is 23.7 Å². The van der Waals surface area contributed by atoms with E-state index in [0.29, 0.717) is 24.3 Å². The predicted octanol–water partition coefficient (Wildman–Crippen LogP) is -1.52. The zero-order valence-electron chi connectivity index (χ0n) is 10.3. The van der Waals surface area contributed by atoms with Crippen LogP contribution in [0.15, 0.2) is 0 Å². The molecule has 0 spiro atoms. The van der Waals surface area contributed by atoms with Gasteiger partial charge in [0.15, 0.2) is 0 Å². The molecule has 1 aliphatic rings. The number of carboxylic acids is 1. The van der Waals surface area contributed by atoms with Crippen LogP contribution in [0.5, 0.6) is 0 Å². The molecule has 0 unspecified atom stereocenters. The fourth-order valence-electron chi connectivity index (χ4n) is 1.75. The maximum absolute atomic E-state index is 11.8. The molecule has 0 aromatic carbocycles. The van der Waals surface area contributed by atoms with E-state index >= 15 is 0 Å². The minimum atomic E-state index is -1.22. The van der Waals surface area contributed by atoms with Gasteiger partial charge in [-0.3, -0.25) is 13.8 Å². The van der Waals surface area contributed by atoms with Crippen LogP contribution in [-0.4, -0.2) is 62.8 Å². The summed E-state index contributed by atoms with van der Waals surface area (Å²) in [4.78, 5) is 34.1. The summed E-state index contributed by atoms with van der Waals surface area (Å²) in [7, 11) is -0.838. The smallest absolute Gasteiger partial charge is 0.323 e. The summed E-state index contributed by atoms with van der Waals surface area (Å²) in [6.07, 6.45) is 1.16. The maximum atomic E-state index is 11.8. The maximum Gasteiger partial charge on any atom is 0.323 e. The van der Waals surface area contributed by atoms with E-state index in [1.807, 2.05) is 0 Å². The van der Waals surface area contributed by atoms with Crippen molar-refractivity contribution in [2.24, 2.45) is 5.73 Å². The van der Waals surface area contributed by atoms with Crippen LogP contribution in [0.2, 0.25) is 0 Å². The molecule has 0 bridgehead atoms. The van der Waals surface area contributed by atoms with Crippen LogP contribution in [0.1, 0.15) is 12.8 Å². The van der Waals surface area contributed by atoms with Crippen LogP contribution in [0.25, 0.3) is 0 Å². The number of amides is 3. The highest BCUT2D eigenvalue weighted by atomic mass is 32.2. The van der Waals surface area contributed by atoms with Crippen molar-refractivity contribution in [1.29, 1.82) is 0 Å². The number of hydrogen-bond acceptors (Lipinski definition) is 4. The highest BCUT2D eigenvalue weighted by Crippen LogP contribution is 2.09. The number of carboxylic acid groups (broad SMARTS) is 1. The average molecular weight is 291 g/mol. The largest absolute Gasteiger partial charge is 0.480 e. The van der Waals surface area contributed by atoms with E-state index in [1.165, 1.54) is 0 Å². The summed E-state index contributed by atoms with van der Waals surface area (Å²) in [5.41, 5.74) is 4.96. The van der Waals surface area contributed by atoms with E-state index < -0.39 is 41.8 Å². The number of nitrogens with two attached hydrogens (primary N) is 1. The van der Waals surface area contributed by atoms with E-state index in [2.05, 4.69) is 5.32 Å². The van der Waals surface area contributed by atoms with Crippen molar-refractivity contribution in [3.05, 3.63) is 0 Å². The van der Waals surface area contributed by atoms with Crippen LogP contribution >= 0.6 is 0 Å². The number of hydrogen-bond donors (Lipinski definition) is 3. The number of rotatable bonds is 5. The normalized spacial score (nSPS) is 22.5. The van der Waals surface area contributed by atoms with Gasteiger partial charge in [-0.1, -0.05) is 0 Å². The van der Waals surface area contributed by atoms with Gasteiger partial charge in [-0.15, -0.1) is 0 Å². The zero-order chi connectivity index (χ0) is 14.4. The molecule has 4 N–H and O–H groups in total. The van der Waals surface area contributed by atoms with Crippen LogP contribution < -0.4 is 11.1 Å². The SMILES string of the molecule is NC(=O)CN(CC(=O)O)C(=O)NC1CCS(=O)CC1. The molecule has 0 saturated carbocycles. The van der Waals surface area contributed by atoms with Crippen LogP contribution in [0.4, 0.5) is 4.79 Å². The Balaban J connectivity index is 2.53. The monoisotopic (exact) mass is 291 g/mol. The number of aliphatic carboxylic acids is 1. The van der Waals surface area contributed by atoms with Crippen molar-refractivity contribution in [3.63, 3.8) is 0 Å². The van der Waals surface area contributed by atoms with E-state index in [4.69, 9.17) is 10.8 Å². The molecule has 9 heteroatoms. The second-order valence-corrected chi connectivity index (χ2v) is 5.98. The van der Waals surface area contributed by atoms with E-state index in [9.17, 15) is 18.6 Å². The lowest BCUT2D eigenvalue weighted by atomic mass is 10.1. The molecule has 8 nitrogen and oxygen atoms in total. The van der Waals surface area contributed by atoms with Crippen molar-refractivity contribution in [3.8, 4) is 0 Å². The summed E-state index contributed by atoms with van der Waals surface area (Å²) in [5, 5.41) is 11.3. The minimum Gasteiger partial charge on any atom is -0.480 e. The first kappa shape index (κ1) is 15.4. The Hall–Kier alpha value is -1.64. The van der Waals surface area contributed by atoms with Crippen molar-refractivity contribution in [2.45, 2.75) is 18.9 Å². The lowest BCUT2D eigenvalue weighted by molar-refractivity contribution is -0.137. The van der Waals surface area contributed by atoms with Crippen LogP contribution in [0, 0.1) is 0 Å². The highest BCUT2D eigenvalue weighted by molar-refractivity contribution is 7.85. The Labute approximate surface area is 112 Å². The van der Waals surface area contributed by atoms with E-state index in [0.717, 1.165) is 4.90 Å². The molecule has 19 heavy (non-hydrogen) atoms. The van der Waals surface area contributed by atoms with E-state index in [1.54, 1.807) is 0 Å². The van der Waals surface area contributed by atoms with Gasteiger partial charge < -0.3 is 21.1 Å². The minimum absolute atomic E-state index is 0.144. The molecule has 1 rings (SSSR count). The third-order valence-electron chi connectivity index (χ3n) is 2.68. The number of carbonyl (C=O) groups is 3. The Morgan fingerprint density at radius 3 is 2.32 bits per heavy atom. The fourth-order valence-corrected chi connectivity index (χ4v) is 3.05. The van der Waals surface area contributed by atoms with Gasteiger partial charge in [0.1, 0.15) is 13.1 Å². The van der Waals surface area contributed by atoms with Crippen LogP contribution in [0.3, 0.4) is 0 Å².